The molecular formula is C16H22FNO3. The van der Waals surface area contributed by atoms with E-state index < -0.39 is 5.82 Å². The summed E-state index contributed by atoms with van der Waals surface area (Å²) in [5.74, 6) is -1.06. The van der Waals surface area contributed by atoms with E-state index in [2.05, 4.69) is 11.7 Å². The predicted molar refractivity (Wildman–Crippen MR) is 78.5 cm³/mol. The van der Waals surface area contributed by atoms with E-state index in [1.807, 2.05) is 0 Å². The van der Waals surface area contributed by atoms with Crippen LogP contribution in [0.5, 0.6) is 0 Å². The topological polar surface area (TPSA) is 46.6 Å². The van der Waals surface area contributed by atoms with Crippen LogP contribution in [-0.4, -0.2) is 37.0 Å². The first-order valence-corrected chi connectivity index (χ1v) is 7.20. The lowest BCUT2D eigenvalue weighted by molar-refractivity contribution is -0.140. The molecule has 0 atom stereocenters. The maximum atomic E-state index is 13.2. The molecule has 0 radical (unpaired) electrons. The van der Waals surface area contributed by atoms with Crippen LogP contribution in [0, 0.1) is 5.82 Å². The van der Waals surface area contributed by atoms with Crippen molar-refractivity contribution in [3.8, 4) is 0 Å². The number of unbranched alkanes of at least 4 members (excludes halogenated alkanes) is 2. The van der Waals surface area contributed by atoms with Crippen molar-refractivity contribution in [3.63, 3.8) is 0 Å². The van der Waals surface area contributed by atoms with Gasteiger partial charge in [-0.2, -0.15) is 0 Å². The molecule has 0 aliphatic heterocycles. The highest BCUT2D eigenvalue weighted by Crippen LogP contribution is 2.10. The van der Waals surface area contributed by atoms with Gasteiger partial charge in [0.25, 0.3) is 5.91 Å². The molecule has 0 N–H and O–H groups in total. The molecule has 0 heterocycles. The van der Waals surface area contributed by atoms with Crippen LogP contribution >= 0.6 is 0 Å². The number of ether oxygens (including phenoxy) is 1. The average molecular weight is 295 g/mol. The minimum absolute atomic E-state index is 0.143. The molecule has 1 aromatic rings. The summed E-state index contributed by atoms with van der Waals surface area (Å²) < 4.78 is 17.8. The van der Waals surface area contributed by atoms with Crippen molar-refractivity contribution < 1.29 is 18.7 Å². The lowest BCUT2D eigenvalue weighted by Gasteiger charge is -2.22. The SMILES string of the molecule is CCCCCN(CCC(=O)OC)C(=O)c1cccc(F)c1. The summed E-state index contributed by atoms with van der Waals surface area (Å²) in [5, 5.41) is 0. The van der Waals surface area contributed by atoms with E-state index in [1.54, 1.807) is 11.0 Å². The van der Waals surface area contributed by atoms with Crippen molar-refractivity contribution >= 4 is 11.9 Å². The van der Waals surface area contributed by atoms with Crippen molar-refractivity contribution in [1.82, 2.24) is 4.90 Å². The van der Waals surface area contributed by atoms with E-state index in [1.165, 1.54) is 25.3 Å². The first kappa shape index (κ1) is 17.1. The van der Waals surface area contributed by atoms with Gasteiger partial charge in [-0.3, -0.25) is 9.59 Å². The Kier molecular flexibility index (Phi) is 7.43. The highest BCUT2D eigenvalue weighted by Gasteiger charge is 2.17. The number of nitrogens with zero attached hydrogens (tertiary/aromatic N) is 1. The second-order valence-corrected chi connectivity index (χ2v) is 4.84. The maximum Gasteiger partial charge on any atom is 0.307 e. The largest absolute Gasteiger partial charge is 0.469 e. The van der Waals surface area contributed by atoms with Gasteiger partial charge in [-0.25, -0.2) is 4.39 Å². The van der Waals surface area contributed by atoms with Crippen LogP contribution in [0.15, 0.2) is 24.3 Å². The zero-order chi connectivity index (χ0) is 15.7. The highest BCUT2D eigenvalue weighted by atomic mass is 19.1. The Bertz CT molecular complexity index is 476. The van der Waals surface area contributed by atoms with E-state index in [9.17, 15) is 14.0 Å². The van der Waals surface area contributed by atoms with Gasteiger partial charge in [0.05, 0.1) is 13.5 Å². The van der Waals surface area contributed by atoms with Gasteiger partial charge in [-0.15, -0.1) is 0 Å². The van der Waals surface area contributed by atoms with Gasteiger partial charge in [-0.05, 0) is 24.6 Å². The Morgan fingerprint density at radius 1 is 1.24 bits per heavy atom. The Morgan fingerprint density at radius 2 is 2.00 bits per heavy atom. The number of carbonyl (C=O) groups is 2. The fourth-order valence-corrected chi connectivity index (χ4v) is 2.00. The number of esters is 1. The fourth-order valence-electron chi connectivity index (χ4n) is 2.00. The van der Waals surface area contributed by atoms with E-state index in [4.69, 9.17) is 0 Å². The smallest absolute Gasteiger partial charge is 0.307 e. The quantitative estimate of drug-likeness (QED) is 0.547. The molecule has 1 rings (SSSR count). The van der Waals surface area contributed by atoms with Crippen LogP contribution in [0.4, 0.5) is 4.39 Å². The summed E-state index contributed by atoms with van der Waals surface area (Å²) in [5.41, 5.74) is 0.302. The first-order chi connectivity index (χ1) is 10.1. The minimum atomic E-state index is -0.442. The molecule has 0 aromatic heterocycles. The van der Waals surface area contributed by atoms with Crippen molar-refractivity contribution in [1.29, 1.82) is 0 Å². The molecule has 5 heteroatoms. The number of hydrogen-bond donors (Lipinski definition) is 0. The summed E-state index contributed by atoms with van der Waals surface area (Å²) >= 11 is 0. The number of halogens is 1. The van der Waals surface area contributed by atoms with Gasteiger partial charge >= 0.3 is 5.97 Å². The summed E-state index contributed by atoms with van der Waals surface area (Å²) in [6.45, 7) is 2.92. The number of amides is 1. The summed E-state index contributed by atoms with van der Waals surface area (Å²) in [6, 6.07) is 5.60. The van der Waals surface area contributed by atoms with Crippen molar-refractivity contribution in [2.45, 2.75) is 32.6 Å². The number of hydrogen-bond acceptors (Lipinski definition) is 3. The molecule has 0 saturated carbocycles. The third-order valence-corrected chi connectivity index (χ3v) is 3.20. The Labute approximate surface area is 124 Å². The summed E-state index contributed by atoms with van der Waals surface area (Å²) in [4.78, 5) is 25.2. The van der Waals surface area contributed by atoms with Crippen molar-refractivity contribution in [2.24, 2.45) is 0 Å². The monoisotopic (exact) mass is 295 g/mol. The molecule has 4 nitrogen and oxygen atoms in total. The molecule has 1 aromatic carbocycles. The molecule has 0 saturated heterocycles. The van der Waals surface area contributed by atoms with Crippen molar-refractivity contribution in [3.05, 3.63) is 35.6 Å². The number of carbonyl (C=O) groups excluding carboxylic acids is 2. The van der Waals surface area contributed by atoms with E-state index in [0.717, 1.165) is 19.3 Å². The zero-order valence-electron chi connectivity index (χ0n) is 12.6. The molecule has 0 fully saturated rings. The Hall–Kier alpha value is -1.91. The fraction of sp³-hybridized carbons (Fsp3) is 0.500. The lowest BCUT2D eigenvalue weighted by Crippen LogP contribution is -2.34. The third-order valence-electron chi connectivity index (χ3n) is 3.20. The van der Waals surface area contributed by atoms with Gasteiger partial charge in [0.2, 0.25) is 0 Å². The average Bonchev–Trinajstić information content (AvgIpc) is 2.49. The van der Waals surface area contributed by atoms with Crippen molar-refractivity contribution in [2.75, 3.05) is 20.2 Å². The molecule has 1 amide bonds. The molecule has 0 aliphatic carbocycles. The summed E-state index contributed by atoms with van der Waals surface area (Å²) in [6.07, 6.45) is 3.05. The normalized spacial score (nSPS) is 10.2. The molecule has 0 bridgehead atoms. The molecule has 116 valence electrons. The Morgan fingerprint density at radius 3 is 2.62 bits per heavy atom. The zero-order valence-corrected chi connectivity index (χ0v) is 12.6. The number of benzene rings is 1. The standard InChI is InChI=1S/C16H22FNO3/c1-3-4-5-10-18(11-9-15(19)21-2)16(20)13-7-6-8-14(17)12-13/h6-8,12H,3-5,9-11H2,1-2H3. The highest BCUT2D eigenvalue weighted by molar-refractivity contribution is 5.94. The Balaban J connectivity index is 2.73. The van der Waals surface area contributed by atoms with Crippen LogP contribution in [0.3, 0.4) is 0 Å². The first-order valence-electron chi connectivity index (χ1n) is 7.20. The van der Waals surface area contributed by atoms with E-state index >= 15 is 0 Å². The van der Waals surface area contributed by atoms with Crippen LogP contribution in [0.2, 0.25) is 0 Å². The molecule has 0 aliphatic rings. The second-order valence-electron chi connectivity index (χ2n) is 4.84. The predicted octanol–water partition coefficient (Wildman–Crippen LogP) is 3.02. The van der Waals surface area contributed by atoms with Gasteiger partial charge in [-0.1, -0.05) is 25.8 Å². The molecule has 0 unspecified atom stereocenters. The third kappa shape index (κ3) is 5.94. The van der Waals surface area contributed by atoms with Gasteiger partial charge in [0.15, 0.2) is 0 Å². The molecule has 0 spiro atoms. The number of methoxy groups -OCH3 is 1. The van der Waals surface area contributed by atoms with Crippen LogP contribution in [0.1, 0.15) is 43.0 Å². The van der Waals surface area contributed by atoms with Crippen LogP contribution < -0.4 is 0 Å². The lowest BCUT2D eigenvalue weighted by atomic mass is 10.1. The second kappa shape index (κ2) is 9.10. The van der Waals surface area contributed by atoms with Gasteiger partial charge in [0, 0.05) is 18.7 Å². The molecular weight excluding hydrogens is 273 g/mol. The number of rotatable bonds is 8. The van der Waals surface area contributed by atoms with E-state index in [0.29, 0.717) is 12.1 Å². The van der Waals surface area contributed by atoms with Gasteiger partial charge < -0.3 is 9.64 Å². The van der Waals surface area contributed by atoms with Crippen LogP contribution in [-0.2, 0) is 9.53 Å². The van der Waals surface area contributed by atoms with Crippen LogP contribution in [0.25, 0.3) is 0 Å². The van der Waals surface area contributed by atoms with Gasteiger partial charge in [0.1, 0.15) is 5.82 Å². The molecule has 21 heavy (non-hydrogen) atoms. The summed E-state index contributed by atoms with van der Waals surface area (Å²) in [7, 11) is 1.32. The van der Waals surface area contributed by atoms with E-state index in [-0.39, 0.29) is 24.8 Å². The minimum Gasteiger partial charge on any atom is -0.469 e. The maximum absolute atomic E-state index is 13.2.